The molecule has 0 bridgehead atoms. The number of aromatic nitrogens is 1. The van der Waals surface area contributed by atoms with E-state index in [0.29, 0.717) is 11.8 Å². The van der Waals surface area contributed by atoms with Gasteiger partial charge in [-0.15, -0.1) is 11.3 Å². The fourth-order valence-electron chi connectivity index (χ4n) is 3.26. The van der Waals surface area contributed by atoms with Gasteiger partial charge >= 0.3 is 0 Å². The highest BCUT2D eigenvalue weighted by atomic mass is 32.1. The molecule has 1 amide bonds. The fraction of sp³-hybridized carbons (Fsp3) is 0.733. The molecule has 3 rings (SSSR count). The van der Waals surface area contributed by atoms with E-state index < -0.39 is 0 Å². The van der Waals surface area contributed by atoms with E-state index in [-0.39, 0.29) is 5.92 Å². The van der Waals surface area contributed by atoms with Gasteiger partial charge in [-0.25, -0.2) is 4.98 Å². The summed E-state index contributed by atoms with van der Waals surface area (Å²) in [4.78, 5) is 19.3. The fourth-order valence-corrected chi connectivity index (χ4v) is 4.18. The van der Waals surface area contributed by atoms with Crippen molar-refractivity contribution in [1.82, 2.24) is 15.2 Å². The van der Waals surface area contributed by atoms with Gasteiger partial charge in [-0.3, -0.25) is 4.79 Å². The molecule has 1 aromatic rings. The molecule has 2 atom stereocenters. The number of rotatable bonds is 2. The van der Waals surface area contributed by atoms with Crippen LogP contribution >= 0.6 is 11.3 Å². The largest absolute Gasteiger partial charge is 0.342 e. The van der Waals surface area contributed by atoms with Gasteiger partial charge in [0.25, 0.3) is 0 Å². The number of hydrogen-bond acceptors (Lipinski definition) is 4. The van der Waals surface area contributed by atoms with Crippen LogP contribution in [0.25, 0.3) is 0 Å². The summed E-state index contributed by atoms with van der Waals surface area (Å²) in [6.45, 7) is 5.75. The minimum atomic E-state index is 0.195. The second-order valence-electron chi connectivity index (χ2n) is 5.99. The van der Waals surface area contributed by atoms with Gasteiger partial charge in [-0.2, -0.15) is 0 Å². The highest BCUT2D eigenvalue weighted by Gasteiger charge is 2.31. The summed E-state index contributed by atoms with van der Waals surface area (Å²) in [5.41, 5.74) is 1.10. The maximum Gasteiger partial charge on any atom is 0.226 e. The van der Waals surface area contributed by atoms with Gasteiger partial charge in [0.05, 0.1) is 10.9 Å². The van der Waals surface area contributed by atoms with Crippen molar-refractivity contribution >= 4 is 17.2 Å². The van der Waals surface area contributed by atoms with Crippen molar-refractivity contribution < 1.29 is 4.79 Å². The molecular formula is C15H23N3OS. The Kier molecular flexibility index (Phi) is 4.36. The van der Waals surface area contributed by atoms with E-state index in [4.69, 9.17) is 0 Å². The Balaban J connectivity index is 1.63. The monoisotopic (exact) mass is 293 g/mol. The molecule has 110 valence electrons. The van der Waals surface area contributed by atoms with Gasteiger partial charge in [0.15, 0.2) is 0 Å². The highest BCUT2D eigenvalue weighted by Crippen LogP contribution is 2.30. The lowest BCUT2D eigenvalue weighted by Crippen LogP contribution is -2.46. The lowest BCUT2D eigenvalue weighted by Gasteiger charge is -2.35. The number of nitrogens with one attached hydrogen (secondary N) is 1. The summed E-state index contributed by atoms with van der Waals surface area (Å²) in [6.07, 6.45) is 4.44. The Morgan fingerprint density at radius 2 is 2.35 bits per heavy atom. The average molecular weight is 293 g/mol. The van der Waals surface area contributed by atoms with E-state index in [2.05, 4.69) is 20.6 Å². The first kappa shape index (κ1) is 14.0. The third-order valence-electron chi connectivity index (χ3n) is 4.37. The van der Waals surface area contributed by atoms with Crippen LogP contribution in [-0.4, -0.2) is 42.0 Å². The zero-order valence-electron chi connectivity index (χ0n) is 12.1. The van der Waals surface area contributed by atoms with E-state index in [1.165, 1.54) is 11.4 Å². The molecule has 3 heterocycles. The van der Waals surface area contributed by atoms with E-state index in [9.17, 15) is 4.79 Å². The molecule has 5 heteroatoms. The zero-order valence-corrected chi connectivity index (χ0v) is 12.9. The van der Waals surface area contributed by atoms with E-state index in [1.807, 2.05) is 6.92 Å². The highest BCUT2D eigenvalue weighted by molar-refractivity contribution is 7.09. The molecule has 2 unspecified atom stereocenters. The summed E-state index contributed by atoms with van der Waals surface area (Å²) in [5.74, 6) is 0.999. The molecule has 0 aliphatic carbocycles. The molecule has 20 heavy (non-hydrogen) atoms. The normalized spacial score (nSPS) is 27.6. The first-order valence-electron chi connectivity index (χ1n) is 7.65. The standard InChI is InChI=1S/C15H23N3OS/c1-11-10-20-14(17-11)13-5-3-7-18(9-13)15(19)12-4-2-6-16-8-12/h10,12-13,16H,2-9H2,1H3. The van der Waals surface area contributed by atoms with Crippen LogP contribution in [0.5, 0.6) is 0 Å². The zero-order chi connectivity index (χ0) is 13.9. The van der Waals surface area contributed by atoms with Gasteiger partial charge < -0.3 is 10.2 Å². The second-order valence-corrected chi connectivity index (χ2v) is 6.88. The smallest absolute Gasteiger partial charge is 0.226 e. The van der Waals surface area contributed by atoms with Crippen molar-refractivity contribution in [2.24, 2.45) is 5.92 Å². The lowest BCUT2D eigenvalue weighted by atomic mass is 9.94. The first-order chi connectivity index (χ1) is 9.74. The summed E-state index contributed by atoms with van der Waals surface area (Å²) < 4.78 is 0. The number of hydrogen-bond donors (Lipinski definition) is 1. The first-order valence-corrected chi connectivity index (χ1v) is 8.53. The summed E-state index contributed by atoms with van der Waals surface area (Å²) in [7, 11) is 0. The Bertz CT molecular complexity index is 467. The molecule has 1 aromatic heterocycles. The Morgan fingerprint density at radius 1 is 1.45 bits per heavy atom. The summed E-state index contributed by atoms with van der Waals surface area (Å²) >= 11 is 1.74. The minimum absolute atomic E-state index is 0.195. The SMILES string of the molecule is Cc1csc(C2CCCN(C(=O)C3CCCNC3)C2)n1. The van der Waals surface area contributed by atoms with Gasteiger partial charge in [0.1, 0.15) is 0 Å². The maximum atomic E-state index is 12.6. The van der Waals surface area contributed by atoms with Gasteiger partial charge in [-0.05, 0) is 39.2 Å². The molecule has 0 aromatic carbocycles. The maximum absolute atomic E-state index is 12.6. The molecule has 0 spiro atoms. The van der Waals surface area contributed by atoms with Crippen molar-refractivity contribution in [2.75, 3.05) is 26.2 Å². The molecular weight excluding hydrogens is 270 g/mol. The molecule has 1 N–H and O–H groups in total. The minimum Gasteiger partial charge on any atom is -0.342 e. The Morgan fingerprint density at radius 3 is 3.05 bits per heavy atom. The van der Waals surface area contributed by atoms with Crippen LogP contribution in [0.2, 0.25) is 0 Å². The van der Waals surface area contributed by atoms with Crippen LogP contribution in [-0.2, 0) is 4.79 Å². The number of carbonyl (C=O) groups is 1. The Labute approximate surface area is 124 Å². The molecule has 2 fully saturated rings. The average Bonchev–Trinajstić information content (AvgIpc) is 2.94. The van der Waals surface area contributed by atoms with Crippen LogP contribution in [0, 0.1) is 12.8 Å². The van der Waals surface area contributed by atoms with E-state index in [1.54, 1.807) is 11.3 Å². The van der Waals surface area contributed by atoms with E-state index >= 15 is 0 Å². The van der Waals surface area contributed by atoms with Crippen LogP contribution in [0.15, 0.2) is 5.38 Å². The third-order valence-corrected chi connectivity index (χ3v) is 5.49. The molecule has 0 radical (unpaired) electrons. The molecule has 2 aliphatic rings. The number of aryl methyl sites for hydroxylation is 1. The predicted octanol–water partition coefficient (Wildman–Crippen LogP) is 2.16. The van der Waals surface area contributed by atoms with Gasteiger partial charge in [0.2, 0.25) is 5.91 Å². The topological polar surface area (TPSA) is 45.2 Å². The number of nitrogens with zero attached hydrogens (tertiary/aromatic N) is 2. The van der Waals surface area contributed by atoms with Crippen molar-refractivity contribution in [1.29, 1.82) is 0 Å². The number of thiazole rings is 1. The summed E-state index contributed by atoms with van der Waals surface area (Å²) in [6, 6.07) is 0. The van der Waals surface area contributed by atoms with E-state index in [0.717, 1.165) is 51.1 Å². The van der Waals surface area contributed by atoms with Crippen molar-refractivity contribution in [3.8, 4) is 0 Å². The third kappa shape index (κ3) is 3.04. The second kappa shape index (κ2) is 6.22. The van der Waals surface area contributed by atoms with Crippen molar-refractivity contribution in [3.63, 3.8) is 0 Å². The quantitative estimate of drug-likeness (QED) is 0.909. The predicted molar refractivity (Wildman–Crippen MR) is 81.0 cm³/mol. The Hall–Kier alpha value is -0.940. The molecule has 2 aliphatic heterocycles. The number of likely N-dealkylation sites (tertiary alicyclic amines) is 1. The lowest BCUT2D eigenvalue weighted by molar-refractivity contribution is -0.137. The summed E-state index contributed by atoms with van der Waals surface area (Å²) in [5, 5.41) is 6.67. The van der Waals surface area contributed by atoms with Crippen LogP contribution in [0.1, 0.15) is 42.3 Å². The number of amides is 1. The molecule has 0 saturated carbocycles. The van der Waals surface area contributed by atoms with Crippen molar-refractivity contribution in [3.05, 3.63) is 16.1 Å². The molecule has 4 nitrogen and oxygen atoms in total. The number of carbonyl (C=O) groups excluding carboxylic acids is 1. The van der Waals surface area contributed by atoms with Crippen LogP contribution in [0.3, 0.4) is 0 Å². The van der Waals surface area contributed by atoms with Gasteiger partial charge in [0, 0.05) is 36.6 Å². The number of piperidine rings is 2. The van der Waals surface area contributed by atoms with Crippen LogP contribution in [0.4, 0.5) is 0 Å². The van der Waals surface area contributed by atoms with Gasteiger partial charge in [-0.1, -0.05) is 0 Å². The van der Waals surface area contributed by atoms with Crippen molar-refractivity contribution in [2.45, 2.75) is 38.5 Å². The van der Waals surface area contributed by atoms with Crippen LogP contribution < -0.4 is 5.32 Å². The molecule has 2 saturated heterocycles.